The highest BCUT2D eigenvalue weighted by Crippen LogP contribution is 2.23. The largest absolute Gasteiger partial charge is 0.496 e. The van der Waals surface area contributed by atoms with E-state index in [4.69, 9.17) is 10.5 Å². The number of hydrogen-bond acceptors (Lipinski definition) is 3. The molecule has 0 aliphatic heterocycles. The van der Waals surface area contributed by atoms with Gasteiger partial charge < -0.3 is 15.4 Å². The van der Waals surface area contributed by atoms with Gasteiger partial charge in [-0.05, 0) is 36.2 Å². The number of carbonyl (C=O) groups excluding carboxylic acids is 1. The van der Waals surface area contributed by atoms with E-state index in [1.807, 2.05) is 31.2 Å². The summed E-state index contributed by atoms with van der Waals surface area (Å²) >= 11 is 0. The molecule has 21 heavy (non-hydrogen) atoms. The summed E-state index contributed by atoms with van der Waals surface area (Å²) in [5.74, 6) is 0.424. The molecule has 4 heteroatoms. The molecular weight excluding hydrogens is 264 g/mol. The number of nitrogens with zero attached hydrogens (tertiary/aromatic N) is 1. The van der Waals surface area contributed by atoms with Crippen LogP contribution in [-0.4, -0.2) is 25.0 Å². The Morgan fingerprint density at radius 2 is 1.95 bits per heavy atom. The van der Waals surface area contributed by atoms with E-state index in [1.165, 1.54) is 0 Å². The predicted molar refractivity (Wildman–Crippen MR) is 84.4 cm³/mol. The Labute approximate surface area is 125 Å². The highest BCUT2D eigenvalue weighted by atomic mass is 16.5. The highest BCUT2D eigenvalue weighted by Gasteiger charge is 2.17. The maximum absolute atomic E-state index is 12.6. The molecule has 0 saturated carbocycles. The summed E-state index contributed by atoms with van der Waals surface area (Å²) in [5, 5.41) is 0. The van der Waals surface area contributed by atoms with Crippen LogP contribution < -0.4 is 10.5 Å². The zero-order valence-corrected chi connectivity index (χ0v) is 12.6. The van der Waals surface area contributed by atoms with Crippen LogP contribution in [0.1, 0.15) is 21.5 Å². The van der Waals surface area contributed by atoms with Crippen LogP contribution in [0.2, 0.25) is 0 Å². The minimum absolute atomic E-state index is 0.109. The lowest BCUT2D eigenvalue weighted by molar-refractivity contribution is 0.0781. The molecule has 1 amide bonds. The normalized spacial score (nSPS) is 10.2. The van der Waals surface area contributed by atoms with Crippen LogP contribution in [0.25, 0.3) is 0 Å². The second-order valence-corrected chi connectivity index (χ2v) is 5.05. The number of methoxy groups -OCH3 is 1. The number of nitrogens with two attached hydrogens (primary N) is 1. The Morgan fingerprint density at radius 1 is 1.24 bits per heavy atom. The summed E-state index contributed by atoms with van der Waals surface area (Å²) in [5.41, 5.74) is 9.08. The van der Waals surface area contributed by atoms with Crippen LogP contribution in [0, 0.1) is 6.92 Å². The molecule has 110 valence electrons. The van der Waals surface area contributed by atoms with Crippen molar-refractivity contribution in [1.29, 1.82) is 0 Å². The second-order valence-electron chi connectivity index (χ2n) is 5.05. The minimum atomic E-state index is -0.109. The number of rotatable bonds is 4. The van der Waals surface area contributed by atoms with Gasteiger partial charge in [0.1, 0.15) is 5.75 Å². The van der Waals surface area contributed by atoms with Gasteiger partial charge in [0.25, 0.3) is 5.91 Å². The smallest absolute Gasteiger partial charge is 0.257 e. The lowest BCUT2D eigenvalue weighted by atomic mass is 10.1. The first-order valence-electron chi connectivity index (χ1n) is 6.76. The average molecular weight is 284 g/mol. The van der Waals surface area contributed by atoms with Gasteiger partial charge in [-0.3, -0.25) is 4.79 Å². The van der Waals surface area contributed by atoms with Crippen molar-refractivity contribution in [2.24, 2.45) is 0 Å². The van der Waals surface area contributed by atoms with Crippen molar-refractivity contribution in [3.63, 3.8) is 0 Å². The summed E-state index contributed by atoms with van der Waals surface area (Å²) in [6.45, 7) is 2.58. The van der Waals surface area contributed by atoms with Crippen molar-refractivity contribution in [2.45, 2.75) is 13.5 Å². The van der Waals surface area contributed by atoms with Crippen molar-refractivity contribution in [3.8, 4) is 5.75 Å². The zero-order chi connectivity index (χ0) is 15.4. The Hall–Kier alpha value is -2.49. The summed E-state index contributed by atoms with van der Waals surface area (Å²) < 4.78 is 5.24. The number of anilines is 1. The van der Waals surface area contributed by atoms with E-state index < -0.39 is 0 Å². The fraction of sp³-hybridized carbons (Fsp3) is 0.235. The fourth-order valence-electron chi connectivity index (χ4n) is 2.21. The maximum atomic E-state index is 12.6. The van der Waals surface area contributed by atoms with Gasteiger partial charge in [-0.15, -0.1) is 0 Å². The average Bonchev–Trinajstić information content (AvgIpc) is 2.48. The van der Waals surface area contributed by atoms with Gasteiger partial charge in [0, 0.05) is 19.3 Å². The molecular formula is C17H20N2O2. The molecule has 0 heterocycles. The van der Waals surface area contributed by atoms with Gasteiger partial charge in [0.15, 0.2) is 0 Å². The Bertz CT molecular complexity index is 653. The van der Waals surface area contributed by atoms with Gasteiger partial charge in [-0.1, -0.05) is 24.3 Å². The third kappa shape index (κ3) is 3.34. The monoisotopic (exact) mass is 284 g/mol. The summed E-state index contributed by atoms with van der Waals surface area (Å²) in [6, 6.07) is 13.1. The molecule has 0 aliphatic rings. The van der Waals surface area contributed by atoms with Crippen molar-refractivity contribution < 1.29 is 9.53 Å². The summed E-state index contributed by atoms with van der Waals surface area (Å²) in [4.78, 5) is 14.2. The standard InChI is InChI=1S/C17H20N2O2/c1-12-6-4-5-7-13(12)11-19(2)17(20)15-10-14(18)8-9-16(15)21-3/h4-10H,11,18H2,1-3H3. The van der Waals surface area contributed by atoms with E-state index in [0.717, 1.165) is 11.1 Å². The lowest BCUT2D eigenvalue weighted by Crippen LogP contribution is -2.27. The number of amides is 1. The molecule has 2 aromatic rings. The van der Waals surface area contributed by atoms with Gasteiger partial charge in [-0.25, -0.2) is 0 Å². The number of carbonyl (C=O) groups is 1. The van der Waals surface area contributed by atoms with Crippen molar-refractivity contribution in [2.75, 3.05) is 19.9 Å². The van der Waals surface area contributed by atoms with E-state index in [9.17, 15) is 4.79 Å². The minimum Gasteiger partial charge on any atom is -0.496 e. The molecule has 0 saturated heterocycles. The first-order chi connectivity index (χ1) is 10.0. The second kappa shape index (κ2) is 6.31. The molecule has 0 bridgehead atoms. The molecule has 0 radical (unpaired) electrons. The Balaban J connectivity index is 2.24. The Kier molecular flexibility index (Phi) is 4.48. The molecule has 2 aromatic carbocycles. The number of benzene rings is 2. The van der Waals surface area contributed by atoms with Crippen molar-refractivity contribution in [1.82, 2.24) is 4.90 Å². The van der Waals surface area contributed by atoms with Crippen LogP contribution in [0.4, 0.5) is 5.69 Å². The fourth-order valence-corrected chi connectivity index (χ4v) is 2.21. The van der Waals surface area contributed by atoms with Gasteiger partial charge in [0.2, 0.25) is 0 Å². The third-order valence-electron chi connectivity index (χ3n) is 3.47. The predicted octanol–water partition coefficient (Wildman–Crippen LogP) is 2.86. The molecule has 0 unspecified atom stereocenters. The summed E-state index contributed by atoms with van der Waals surface area (Å²) in [6.07, 6.45) is 0. The zero-order valence-electron chi connectivity index (χ0n) is 12.6. The van der Waals surface area contributed by atoms with Crippen molar-refractivity contribution >= 4 is 11.6 Å². The molecule has 2 N–H and O–H groups in total. The first-order valence-corrected chi connectivity index (χ1v) is 6.76. The van der Waals surface area contributed by atoms with Crippen LogP contribution in [0.3, 0.4) is 0 Å². The van der Waals surface area contributed by atoms with Crippen LogP contribution in [-0.2, 0) is 6.54 Å². The van der Waals surface area contributed by atoms with Crippen LogP contribution >= 0.6 is 0 Å². The highest BCUT2D eigenvalue weighted by molar-refractivity contribution is 5.97. The molecule has 0 spiro atoms. The van der Waals surface area contributed by atoms with E-state index in [0.29, 0.717) is 23.5 Å². The van der Waals surface area contributed by atoms with Gasteiger partial charge in [0.05, 0.1) is 12.7 Å². The first kappa shape index (κ1) is 14.9. The van der Waals surface area contributed by atoms with Crippen molar-refractivity contribution in [3.05, 3.63) is 59.2 Å². The topological polar surface area (TPSA) is 55.6 Å². The van der Waals surface area contributed by atoms with Crippen LogP contribution in [0.5, 0.6) is 5.75 Å². The van der Waals surface area contributed by atoms with E-state index in [1.54, 1.807) is 37.3 Å². The quantitative estimate of drug-likeness (QED) is 0.878. The number of hydrogen-bond donors (Lipinski definition) is 1. The SMILES string of the molecule is COc1ccc(N)cc1C(=O)N(C)Cc1ccccc1C. The molecule has 0 fully saturated rings. The summed E-state index contributed by atoms with van der Waals surface area (Å²) in [7, 11) is 3.32. The van der Waals surface area contributed by atoms with E-state index in [2.05, 4.69) is 0 Å². The molecule has 0 aliphatic carbocycles. The lowest BCUT2D eigenvalue weighted by Gasteiger charge is -2.20. The van der Waals surface area contributed by atoms with Crippen LogP contribution in [0.15, 0.2) is 42.5 Å². The Morgan fingerprint density at radius 3 is 2.62 bits per heavy atom. The number of aryl methyl sites for hydroxylation is 1. The number of nitrogen functional groups attached to an aromatic ring is 1. The molecule has 4 nitrogen and oxygen atoms in total. The maximum Gasteiger partial charge on any atom is 0.257 e. The molecule has 2 rings (SSSR count). The van der Waals surface area contributed by atoms with E-state index >= 15 is 0 Å². The van der Waals surface area contributed by atoms with E-state index in [-0.39, 0.29) is 5.91 Å². The van der Waals surface area contributed by atoms with Gasteiger partial charge >= 0.3 is 0 Å². The third-order valence-corrected chi connectivity index (χ3v) is 3.47. The number of ether oxygens (including phenoxy) is 1. The molecule has 0 atom stereocenters. The van der Waals surface area contributed by atoms with Gasteiger partial charge in [-0.2, -0.15) is 0 Å². The molecule has 0 aromatic heterocycles.